The van der Waals surface area contributed by atoms with Crippen molar-refractivity contribution in [2.75, 3.05) is 13.2 Å². The van der Waals surface area contributed by atoms with Gasteiger partial charge in [0.1, 0.15) is 5.82 Å². The van der Waals surface area contributed by atoms with Crippen molar-refractivity contribution in [2.45, 2.75) is 12.8 Å². The van der Waals surface area contributed by atoms with E-state index in [0.717, 1.165) is 0 Å². The number of carbonyl (C=O) groups is 1. The molecule has 0 radical (unpaired) electrons. The predicted octanol–water partition coefficient (Wildman–Crippen LogP) is 1.61. The first-order chi connectivity index (χ1) is 7.68. The van der Waals surface area contributed by atoms with E-state index in [1.165, 1.54) is 12.1 Å². The van der Waals surface area contributed by atoms with Crippen LogP contribution in [-0.2, 0) is 11.2 Å². The van der Waals surface area contributed by atoms with Crippen LogP contribution >= 0.6 is 0 Å². The minimum absolute atomic E-state index is 0.0481. The number of halogens is 1. The number of ether oxygens (including phenoxy) is 2. The summed E-state index contributed by atoms with van der Waals surface area (Å²) in [5, 5.41) is 8.70. The Morgan fingerprint density at radius 2 is 2.12 bits per heavy atom. The van der Waals surface area contributed by atoms with Gasteiger partial charge in [-0.25, -0.2) is 4.39 Å². The topological polar surface area (TPSA) is 55.8 Å². The van der Waals surface area contributed by atoms with Crippen LogP contribution in [0.25, 0.3) is 0 Å². The average molecular weight is 226 g/mol. The lowest BCUT2D eigenvalue weighted by molar-refractivity contribution is -0.136. The lowest BCUT2D eigenvalue weighted by Gasteiger charge is -2.11. The molecule has 1 aromatic carbocycles. The fourth-order valence-corrected chi connectivity index (χ4v) is 1.59. The summed E-state index contributed by atoms with van der Waals surface area (Å²) in [6.07, 6.45) is 0.293. The first kappa shape index (κ1) is 10.7. The van der Waals surface area contributed by atoms with Gasteiger partial charge in [-0.05, 0) is 12.1 Å². The van der Waals surface area contributed by atoms with Crippen LogP contribution in [0.5, 0.6) is 11.5 Å². The lowest BCUT2D eigenvalue weighted by atomic mass is 10.1. The molecule has 0 spiro atoms. The molecule has 1 aliphatic heterocycles. The minimum atomic E-state index is -1.10. The van der Waals surface area contributed by atoms with Crippen LogP contribution in [0, 0.1) is 5.82 Å². The van der Waals surface area contributed by atoms with Gasteiger partial charge >= 0.3 is 5.97 Å². The van der Waals surface area contributed by atoms with Crippen LogP contribution < -0.4 is 9.47 Å². The molecule has 2 rings (SSSR count). The smallest absolute Gasteiger partial charge is 0.308 e. The van der Waals surface area contributed by atoms with E-state index in [9.17, 15) is 9.18 Å². The number of rotatable bonds is 2. The zero-order valence-corrected chi connectivity index (χ0v) is 8.53. The molecule has 0 bridgehead atoms. The van der Waals surface area contributed by atoms with E-state index >= 15 is 0 Å². The number of fused-ring (bicyclic) bond motifs is 1. The molecule has 86 valence electrons. The van der Waals surface area contributed by atoms with Crippen molar-refractivity contribution in [1.82, 2.24) is 0 Å². The number of benzene rings is 1. The van der Waals surface area contributed by atoms with Gasteiger partial charge in [0.25, 0.3) is 0 Å². The van der Waals surface area contributed by atoms with Gasteiger partial charge in [0.2, 0.25) is 0 Å². The molecule has 0 unspecified atom stereocenters. The zero-order valence-electron chi connectivity index (χ0n) is 8.53. The largest absolute Gasteiger partial charge is 0.490 e. The molecule has 0 saturated carbocycles. The minimum Gasteiger partial charge on any atom is -0.490 e. The highest BCUT2D eigenvalue weighted by Gasteiger charge is 2.20. The summed E-state index contributed by atoms with van der Waals surface area (Å²) < 4.78 is 24.1. The van der Waals surface area contributed by atoms with Gasteiger partial charge < -0.3 is 14.6 Å². The number of carboxylic acids is 1. The Labute approximate surface area is 91.6 Å². The third-order valence-electron chi connectivity index (χ3n) is 2.29. The van der Waals surface area contributed by atoms with Gasteiger partial charge in [-0.15, -0.1) is 0 Å². The average Bonchev–Trinajstić information content (AvgIpc) is 2.47. The third-order valence-corrected chi connectivity index (χ3v) is 2.29. The van der Waals surface area contributed by atoms with Gasteiger partial charge in [-0.3, -0.25) is 4.79 Å². The molecule has 4 nitrogen and oxygen atoms in total. The Morgan fingerprint density at radius 3 is 2.88 bits per heavy atom. The Bertz CT molecular complexity index is 417. The second-order valence-electron chi connectivity index (χ2n) is 3.47. The Morgan fingerprint density at radius 1 is 1.38 bits per heavy atom. The summed E-state index contributed by atoms with van der Waals surface area (Å²) >= 11 is 0. The number of hydrogen-bond donors (Lipinski definition) is 1. The van der Waals surface area contributed by atoms with E-state index in [0.29, 0.717) is 25.4 Å². The van der Waals surface area contributed by atoms with Crippen molar-refractivity contribution >= 4 is 5.97 Å². The van der Waals surface area contributed by atoms with Crippen LogP contribution in [0.15, 0.2) is 12.1 Å². The highest BCUT2D eigenvalue weighted by molar-refractivity contribution is 5.72. The van der Waals surface area contributed by atoms with Crippen LogP contribution in [0.4, 0.5) is 4.39 Å². The van der Waals surface area contributed by atoms with Crippen molar-refractivity contribution in [2.24, 2.45) is 0 Å². The van der Waals surface area contributed by atoms with Crippen molar-refractivity contribution in [3.8, 4) is 11.5 Å². The Balaban J connectivity index is 2.44. The first-order valence-corrected chi connectivity index (χ1v) is 4.97. The highest BCUT2D eigenvalue weighted by atomic mass is 19.1. The molecule has 0 saturated heterocycles. The van der Waals surface area contributed by atoms with Gasteiger partial charge in [-0.2, -0.15) is 0 Å². The molecule has 1 aromatic rings. The van der Waals surface area contributed by atoms with Crippen LogP contribution in [-0.4, -0.2) is 24.3 Å². The SMILES string of the molecule is O=C(O)Cc1c(F)ccc2c1OCCCO2. The summed E-state index contributed by atoms with van der Waals surface area (Å²) in [5.41, 5.74) is 0.0481. The summed E-state index contributed by atoms with van der Waals surface area (Å²) in [4.78, 5) is 10.6. The molecular formula is C11H11FO4. The number of aliphatic carboxylic acids is 1. The molecule has 16 heavy (non-hydrogen) atoms. The second kappa shape index (κ2) is 4.38. The van der Waals surface area contributed by atoms with Crippen molar-refractivity contribution < 1.29 is 23.8 Å². The van der Waals surface area contributed by atoms with Crippen LogP contribution in [0.2, 0.25) is 0 Å². The summed E-state index contributed by atoms with van der Waals surface area (Å²) in [7, 11) is 0. The van der Waals surface area contributed by atoms with Crippen LogP contribution in [0.3, 0.4) is 0 Å². The Hall–Kier alpha value is -1.78. The van der Waals surface area contributed by atoms with Crippen LogP contribution in [0.1, 0.15) is 12.0 Å². The van der Waals surface area contributed by atoms with E-state index in [2.05, 4.69) is 0 Å². The zero-order chi connectivity index (χ0) is 11.5. The molecule has 0 atom stereocenters. The highest BCUT2D eigenvalue weighted by Crippen LogP contribution is 2.35. The molecule has 1 heterocycles. The van der Waals surface area contributed by atoms with E-state index in [1.54, 1.807) is 0 Å². The van der Waals surface area contributed by atoms with Gasteiger partial charge in [0.05, 0.1) is 19.6 Å². The molecule has 1 N–H and O–H groups in total. The first-order valence-electron chi connectivity index (χ1n) is 4.97. The van der Waals surface area contributed by atoms with Crippen molar-refractivity contribution in [3.63, 3.8) is 0 Å². The van der Waals surface area contributed by atoms with Crippen molar-refractivity contribution in [1.29, 1.82) is 0 Å². The number of carboxylic acid groups (broad SMARTS) is 1. The standard InChI is InChI=1S/C11H11FO4/c12-8-2-3-9-11(7(8)6-10(13)14)16-5-1-4-15-9/h2-3H,1,4-6H2,(H,13,14). The molecular weight excluding hydrogens is 215 g/mol. The molecule has 5 heteroatoms. The maximum absolute atomic E-state index is 13.5. The molecule has 0 fully saturated rings. The lowest BCUT2D eigenvalue weighted by Crippen LogP contribution is -2.06. The van der Waals surface area contributed by atoms with Gasteiger partial charge in [0.15, 0.2) is 11.5 Å². The monoisotopic (exact) mass is 226 g/mol. The second-order valence-corrected chi connectivity index (χ2v) is 3.47. The van der Waals surface area contributed by atoms with Gasteiger partial charge in [-0.1, -0.05) is 0 Å². The fourth-order valence-electron chi connectivity index (χ4n) is 1.59. The molecule has 1 aliphatic rings. The van der Waals surface area contributed by atoms with Gasteiger partial charge in [0, 0.05) is 12.0 Å². The molecule has 0 aromatic heterocycles. The van der Waals surface area contributed by atoms with E-state index < -0.39 is 18.2 Å². The summed E-state index contributed by atoms with van der Waals surface area (Å²) in [6, 6.07) is 2.66. The normalized spacial score (nSPS) is 14.3. The fraction of sp³-hybridized carbons (Fsp3) is 0.364. The van der Waals surface area contributed by atoms with E-state index in [-0.39, 0.29) is 11.3 Å². The number of hydrogen-bond acceptors (Lipinski definition) is 3. The predicted molar refractivity (Wildman–Crippen MR) is 53.3 cm³/mol. The molecule has 0 aliphatic carbocycles. The third kappa shape index (κ3) is 2.08. The quantitative estimate of drug-likeness (QED) is 0.832. The van der Waals surface area contributed by atoms with E-state index in [1.807, 2.05) is 0 Å². The maximum atomic E-state index is 13.5. The Kier molecular flexibility index (Phi) is 2.94. The van der Waals surface area contributed by atoms with Crippen molar-refractivity contribution in [3.05, 3.63) is 23.5 Å². The summed E-state index contributed by atoms with van der Waals surface area (Å²) in [6.45, 7) is 0.897. The maximum Gasteiger partial charge on any atom is 0.308 e. The van der Waals surface area contributed by atoms with E-state index in [4.69, 9.17) is 14.6 Å². The summed E-state index contributed by atoms with van der Waals surface area (Å²) in [5.74, 6) is -1.04. The molecule has 0 amide bonds.